The van der Waals surface area contributed by atoms with E-state index in [-0.39, 0.29) is 0 Å². The highest BCUT2D eigenvalue weighted by Gasteiger charge is 2.26. The molecule has 5 heteroatoms. The van der Waals surface area contributed by atoms with E-state index < -0.39 is 0 Å². The van der Waals surface area contributed by atoms with Crippen molar-refractivity contribution in [3.05, 3.63) is 35.9 Å². The van der Waals surface area contributed by atoms with Crippen LogP contribution in [0.1, 0.15) is 43.8 Å². The quantitative estimate of drug-likeness (QED) is 0.789. The third-order valence-corrected chi connectivity index (χ3v) is 3.99. The van der Waals surface area contributed by atoms with Crippen LogP contribution in [-0.2, 0) is 5.88 Å². The molecule has 0 radical (unpaired) electrons. The molecule has 0 aliphatic heterocycles. The first kappa shape index (κ1) is 13.4. The fourth-order valence-electron chi connectivity index (χ4n) is 2.49. The molecule has 3 rings (SSSR count). The predicted octanol–water partition coefficient (Wildman–Crippen LogP) is 3.67. The number of rotatable bonds is 5. The first-order valence-electron chi connectivity index (χ1n) is 7.07. The van der Waals surface area contributed by atoms with Gasteiger partial charge >= 0.3 is 0 Å². The minimum atomic E-state index is 0.368. The molecule has 1 fully saturated rings. The fraction of sp³-hybridized carbons (Fsp3) is 0.467. The summed E-state index contributed by atoms with van der Waals surface area (Å²) in [5.74, 6) is 3.61. The molecule has 0 atom stereocenters. The van der Waals surface area contributed by atoms with E-state index in [9.17, 15) is 0 Å². The van der Waals surface area contributed by atoms with Crippen LogP contribution in [0.4, 0.5) is 0 Å². The maximum absolute atomic E-state index is 5.99. The van der Waals surface area contributed by atoms with Gasteiger partial charge in [0.25, 0.3) is 0 Å². The van der Waals surface area contributed by atoms with E-state index in [0.29, 0.717) is 18.4 Å². The van der Waals surface area contributed by atoms with Gasteiger partial charge in [-0.1, -0.05) is 6.42 Å². The van der Waals surface area contributed by atoms with Crippen LogP contribution in [0.25, 0.3) is 5.69 Å². The van der Waals surface area contributed by atoms with E-state index in [1.165, 1.54) is 19.3 Å². The minimum absolute atomic E-state index is 0.368. The first-order chi connectivity index (χ1) is 9.83. The topological polar surface area (TPSA) is 39.9 Å². The van der Waals surface area contributed by atoms with Crippen molar-refractivity contribution in [2.75, 3.05) is 6.61 Å². The second-order valence-electron chi connectivity index (χ2n) is 5.00. The van der Waals surface area contributed by atoms with Crippen molar-refractivity contribution >= 4 is 11.6 Å². The van der Waals surface area contributed by atoms with Crippen molar-refractivity contribution in [3.63, 3.8) is 0 Å². The number of benzene rings is 1. The largest absolute Gasteiger partial charge is 0.494 e. The Hall–Kier alpha value is -1.55. The van der Waals surface area contributed by atoms with Gasteiger partial charge in [0.1, 0.15) is 11.6 Å². The fourth-order valence-corrected chi connectivity index (χ4v) is 2.66. The number of aromatic nitrogens is 3. The number of nitrogens with zero attached hydrogens (tertiary/aromatic N) is 3. The van der Waals surface area contributed by atoms with Crippen molar-refractivity contribution in [1.29, 1.82) is 0 Å². The summed E-state index contributed by atoms with van der Waals surface area (Å²) in [5.41, 5.74) is 1.05. The van der Waals surface area contributed by atoms with Crippen molar-refractivity contribution in [2.24, 2.45) is 0 Å². The van der Waals surface area contributed by atoms with Gasteiger partial charge in [0.05, 0.1) is 12.5 Å². The zero-order chi connectivity index (χ0) is 13.9. The molecule has 1 aliphatic carbocycles. The predicted molar refractivity (Wildman–Crippen MR) is 78.7 cm³/mol. The summed E-state index contributed by atoms with van der Waals surface area (Å²) < 4.78 is 7.57. The Balaban J connectivity index is 1.96. The first-order valence-corrected chi connectivity index (χ1v) is 7.60. The van der Waals surface area contributed by atoms with Crippen LogP contribution in [0.2, 0.25) is 0 Å². The Bertz CT molecular complexity index is 575. The second-order valence-corrected chi connectivity index (χ2v) is 5.27. The van der Waals surface area contributed by atoms with Gasteiger partial charge in [-0.15, -0.1) is 21.8 Å². The van der Waals surface area contributed by atoms with Crippen LogP contribution < -0.4 is 4.74 Å². The molecule has 0 spiro atoms. The van der Waals surface area contributed by atoms with Crippen molar-refractivity contribution < 1.29 is 4.74 Å². The molecule has 0 amide bonds. The Morgan fingerprint density at radius 1 is 1.25 bits per heavy atom. The van der Waals surface area contributed by atoms with Gasteiger partial charge in [-0.25, -0.2) is 0 Å². The molecule has 1 aromatic heterocycles. The van der Waals surface area contributed by atoms with E-state index in [2.05, 4.69) is 14.8 Å². The van der Waals surface area contributed by atoms with E-state index >= 15 is 0 Å². The molecule has 1 saturated carbocycles. The lowest BCUT2D eigenvalue weighted by Crippen LogP contribution is -2.15. The lowest BCUT2D eigenvalue weighted by Gasteiger charge is -2.25. The number of halogens is 1. The maximum atomic E-state index is 5.99. The highest BCUT2D eigenvalue weighted by molar-refractivity contribution is 6.16. The molecule has 4 nitrogen and oxygen atoms in total. The molecule has 0 saturated heterocycles. The molecule has 1 aliphatic rings. The molecule has 1 aromatic carbocycles. The van der Waals surface area contributed by atoms with Crippen LogP contribution in [0.15, 0.2) is 24.3 Å². The third kappa shape index (κ3) is 2.40. The summed E-state index contributed by atoms with van der Waals surface area (Å²) in [5, 5.41) is 8.56. The van der Waals surface area contributed by atoms with Crippen LogP contribution in [0.3, 0.4) is 0 Å². The standard InChI is InChI=1S/C15H18ClN3O/c1-2-20-13-8-6-12(7-9-13)19-14(10-16)17-18-15(19)11-4-3-5-11/h6-9,11H,2-5,10H2,1H3. The summed E-state index contributed by atoms with van der Waals surface area (Å²) in [4.78, 5) is 0. The third-order valence-electron chi connectivity index (χ3n) is 3.75. The molecular weight excluding hydrogens is 274 g/mol. The van der Waals surface area contributed by atoms with Crippen LogP contribution in [-0.4, -0.2) is 21.4 Å². The Kier molecular flexibility index (Phi) is 3.92. The van der Waals surface area contributed by atoms with E-state index in [1.54, 1.807) is 0 Å². The van der Waals surface area contributed by atoms with E-state index in [1.807, 2.05) is 31.2 Å². The average molecular weight is 292 g/mol. The second kappa shape index (κ2) is 5.83. The van der Waals surface area contributed by atoms with E-state index in [4.69, 9.17) is 16.3 Å². The molecule has 1 heterocycles. The van der Waals surface area contributed by atoms with Gasteiger partial charge in [0.2, 0.25) is 0 Å². The average Bonchev–Trinajstić information content (AvgIpc) is 2.82. The Morgan fingerprint density at radius 2 is 2.00 bits per heavy atom. The molecule has 2 aromatic rings. The van der Waals surface area contributed by atoms with Gasteiger partial charge in [-0.05, 0) is 44.0 Å². The summed E-state index contributed by atoms with van der Waals surface area (Å²) >= 11 is 5.99. The maximum Gasteiger partial charge on any atom is 0.152 e. The van der Waals surface area contributed by atoms with Crippen LogP contribution in [0, 0.1) is 0 Å². The zero-order valence-electron chi connectivity index (χ0n) is 11.6. The molecular formula is C15H18ClN3O. The monoisotopic (exact) mass is 291 g/mol. The van der Waals surface area contributed by atoms with E-state index in [0.717, 1.165) is 23.1 Å². The highest BCUT2D eigenvalue weighted by Crippen LogP contribution is 2.36. The van der Waals surface area contributed by atoms with Crippen molar-refractivity contribution in [3.8, 4) is 11.4 Å². The zero-order valence-corrected chi connectivity index (χ0v) is 12.3. The highest BCUT2D eigenvalue weighted by atomic mass is 35.5. The normalized spacial score (nSPS) is 15.1. The van der Waals surface area contributed by atoms with Crippen LogP contribution in [0.5, 0.6) is 5.75 Å². The van der Waals surface area contributed by atoms with Gasteiger partial charge in [0.15, 0.2) is 5.82 Å². The summed E-state index contributed by atoms with van der Waals surface area (Å²) in [6.07, 6.45) is 3.66. The minimum Gasteiger partial charge on any atom is -0.494 e. The number of hydrogen-bond acceptors (Lipinski definition) is 3. The van der Waals surface area contributed by atoms with Crippen LogP contribution >= 0.6 is 11.6 Å². The molecule has 0 bridgehead atoms. The Morgan fingerprint density at radius 3 is 2.55 bits per heavy atom. The molecule has 0 N–H and O–H groups in total. The lowest BCUT2D eigenvalue weighted by molar-refractivity contribution is 0.340. The van der Waals surface area contributed by atoms with Gasteiger partial charge < -0.3 is 4.74 Å². The van der Waals surface area contributed by atoms with Gasteiger partial charge in [-0.3, -0.25) is 4.57 Å². The Labute approximate surface area is 123 Å². The molecule has 20 heavy (non-hydrogen) atoms. The van der Waals surface area contributed by atoms with Gasteiger partial charge in [0, 0.05) is 11.6 Å². The molecule has 0 unspecified atom stereocenters. The summed E-state index contributed by atoms with van der Waals surface area (Å²) in [6, 6.07) is 8.02. The summed E-state index contributed by atoms with van der Waals surface area (Å²) in [6.45, 7) is 2.65. The lowest BCUT2D eigenvalue weighted by atomic mass is 9.85. The van der Waals surface area contributed by atoms with Crippen molar-refractivity contribution in [2.45, 2.75) is 38.0 Å². The summed E-state index contributed by atoms with van der Waals surface area (Å²) in [7, 11) is 0. The van der Waals surface area contributed by atoms with Crippen molar-refractivity contribution in [1.82, 2.24) is 14.8 Å². The molecule has 106 valence electrons. The number of ether oxygens (including phenoxy) is 1. The van der Waals surface area contributed by atoms with Gasteiger partial charge in [-0.2, -0.15) is 0 Å². The number of alkyl halides is 1. The number of hydrogen-bond donors (Lipinski definition) is 0. The smallest absolute Gasteiger partial charge is 0.152 e. The SMILES string of the molecule is CCOc1ccc(-n2c(CCl)nnc2C2CCC2)cc1.